The summed E-state index contributed by atoms with van der Waals surface area (Å²) in [7, 11) is 0. The number of phenolic OH excluding ortho intramolecular Hbond substituents is 1. The summed E-state index contributed by atoms with van der Waals surface area (Å²) in [4.78, 5) is 12.4. The molecule has 1 N–H and O–H groups in total. The molecular weight excluding hydrogens is 259 g/mol. The molecule has 0 saturated heterocycles. The fraction of sp³-hybridized carbons (Fsp3) is 0.533. The van der Waals surface area contributed by atoms with E-state index in [1.54, 1.807) is 18.2 Å². The Bertz CT molecular complexity index is 429. The number of carbonyl (C=O) groups is 1. The SMILES string of the molecule is CCP(CC)(CC)(CC)OC(=O)c1ccccc1O. The van der Waals surface area contributed by atoms with Gasteiger partial charge in [0.2, 0.25) is 0 Å². The molecule has 0 heterocycles. The average Bonchev–Trinajstić information content (AvgIpc) is 2.46. The van der Waals surface area contributed by atoms with Gasteiger partial charge in [0, 0.05) is 0 Å². The standard InChI is InChI=1S/C15H25O3P/c1-5-19(6-2,7-3,8-4)18-15(17)13-11-9-10-12-14(13)16/h9-12,16H,5-8H2,1-4H3. The van der Waals surface area contributed by atoms with Gasteiger partial charge in [-0.1, -0.05) is 0 Å². The minimum absolute atomic E-state index is 0.0106. The van der Waals surface area contributed by atoms with Crippen LogP contribution in [-0.2, 0) is 4.52 Å². The first-order chi connectivity index (χ1) is 8.96. The summed E-state index contributed by atoms with van der Waals surface area (Å²) in [5.41, 5.74) is 0.264. The van der Waals surface area contributed by atoms with Crippen molar-refractivity contribution >= 4 is 12.8 Å². The van der Waals surface area contributed by atoms with Crippen LogP contribution in [-0.4, -0.2) is 35.7 Å². The number of benzene rings is 1. The Morgan fingerprint density at radius 3 is 1.95 bits per heavy atom. The van der Waals surface area contributed by atoms with E-state index in [0.29, 0.717) is 0 Å². The molecule has 19 heavy (non-hydrogen) atoms. The second kappa shape index (κ2) is 5.92. The van der Waals surface area contributed by atoms with E-state index in [1.807, 2.05) is 0 Å². The predicted octanol–water partition coefficient (Wildman–Crippen LogP) is 4.10. The molecule has 0 amide bonds. The molecule has 1 rings (SSSR count). The fourth-order valence-electron chi connectivity index (χ4n) is 2.53. The van der Waals surface area contributed by atoms with Crippen molar-refractivity contribution in [2.45, 2.75) is 27.7 Å². The summed E-state index contributed by atoms with van der Waals surface area (Å²) in [6.07, 6.45) is 3.59. The van der Waals surface area contributed by atoms with Crippen molar-refractivity contribution in [2.24, 2.45) is 0 Å². The Labute approximate surface area is 116 Å². The topological polar surface area (TPSA) is 46.5 Å². The monoisotopic (exact) mass is 284 g/mol. The first-order valence-corrected chi connectivity index (χ1v) is 9.88. The second-order valence-electron chi connectivity index (χ2n) is 5.02. The van der Waals surface area contributed by atoms with E-state index in [2.05, 4.69) is 27.7 Å². The summed E-state index contributed by atoms with van der Waals surface area (Å²) in [6, 6.07) is 6.56. The molecule has 0 bridgehead atoms. The van der Waals surface area contributed by atoms with Crippen molar-refractivity contribution in [3.63, 3.8) is 0 Å². The average molecular weight is 284 g/mol. The van der Waals surface area contributed by atoms with Crippen molar-refractivity contribution in [3.8, 4) is 5.75 Å². The molecule has 108 valence electrons. The third-order valence-corrected chi connectivity index (χ3v) is 11.7. The van der Waals surface area contributed by atoms with Gasteiger partial charge >= 0.3 is 115 Å². The van der Waals surface area contributed by atoms with Crippen LogP contribution >= 0.6 is 6.83 Å². The third kappa shape index (κ3) is 2.92. The molecule has 0 aliphatic heterocycles. The quantitative estimate of drug-likeness (QED) is 0.800. The Hall–Kier alpha value is -1.08. The minimum atomic E-state index is -2.45. The van der Waals surface area contributed by atoms with E-state index >= 15 is 0 Å². The Balaban J connectivity index is 3.12. The number of carbonyl (C=O) groups excluding carboxylic acids is 1. The predicted molar refractivity (Wildman–Crippen MR) is 82.6 cm³/mol. The van der Waals surface area contributed by atoms with Crippen LogP contribution in [0.5, 0.6) is 5.75 Å². The van der Waals surface area contributed by atoms with E-state index in [1.165, 1.54) is 6.07 Å². The molecule has 1 aromatic rings. The van der Waals surface area contributed by atoms with Gasteiger partial charge < -0.3 is 0 Å². The van der Waals surface area contributed by atoms with E-state index in [-0.39, 0.29) is 17.3 Å². The molecule has 0 atom stereocenters. The van der Waals surface area contributed by atoms with Gasteiger partial charge in [-0.2, -0.15) is 0 Å². The molecule has 1 aromatic carbocycles. The molecule has 3 nitrogen and oxygen atoms in total. The van der Waals surface area contributed by atoms with Crippen LogP contribution in [0, 0.1) is 0 Å². The fourth-order valence-corrected chi connectivity index (χ4v) is 6.30. The number of aromatic hydroxyl groups is 1. The maximum absolute atomic E-state index is 12.4. The Morgan fingerprint density at radius 1 is 1.05 bits per heavy atom. The molecular formula is C15H25O3P. The van der Waals surface area contributed by atoms with Crippen LogP contribution in [0.2, 0.25) is 0 Å². The van der Waals surface area contributed by atoms with Gasteiger partial charge in [0.05, 0.1) is 0 Å². The maximum atomic E-state index is 12.4. The van der Waals surface area contributed by atoms with Crippen molar-refractivity contribution < 1.29 is 14.4 Å². The van der Waals surface area contributed by atoms with Crippen molar-refractivity contribution in [1.82, 2.24) is 0 Å². The Morgan fingerprint density at radius 2 is 1.53 bits per heavy atom. The van der Waals surface area contributed by atoms with Crippen LogP contribution in [0.15, 0.2) is 24.3 Å². The number of rotatable bonds is 6. The van der Waals surface area contributed by atoms with Gasteiger partial charge in [-0.3, -0.25) is 0 Å². The normalized spacial score (nSPS) is 13.6. The number of hydrogen-bond acceptors (Lipinski definition) is 3. The van der Waals surface area contributed by atoms with Crippen molar-refractivity contribution in [2.75, 3.05) is 24.6 Å². The summed E-state index contributed by atoms with van der Waals surface area (Å²) >= 11 is 0. The summed E-state index contributed by atoms with van der Waals surface area (Å²) in [5, 5.41) is 9.77. The molecule has 4 heteroatoms. The van der Waals surface area contributed by atoms with Gasteiger partial charge in [-0.25, -0.2) is 0 Å². The molecule has 0 radical (unpaired) electrons. The molecule has 0 spiro atoms. The zero-order chi connectivity index (χ0) is 14.5. The van der Waals surface area contributed by atoms with Gasteiger partial charge in [-0.15, -0.1) is 0 Å². The summed E-state index contributed by atoms with van der Waals surface area (Å²) < 4.78 is 6.02. The van der Waals surface area contributed by atoms with Gasteiger partial charge in [0.1, 0.15) is 0 Å². The molecule has 0 aromatic heterocycles. The summed E-state index contributed by atoms with van der Waals surface area (Å²) in [5.74, 6) is -0.397. The molecule has 0 unspecified atom stereocenters. The zero-order valence-corrected chi connectivity index (χ0v) is 13.2. The van der Waals surface area contributed by atoms with Crippen LogP contribution in [0.3, 0.4) is 0 Å². The van der Waals surface area contributed by atoms with Crippen molar-refractivity contribution in [3.05, 3.63) is 29.8 Å². The first kappa shape index (κ1) is 16.0. The van der Waals surface area contributed by atoms with Gasteiger partial charge in [0.25, 0.3) is 0 Å². The first-order valence-electron chi connectivity index (χ1n) is 6.99. The Kier molecular flexibility index (Phi) is 4.98. The number of phenols is 1. The van der Waals surface area contributed by atoms with E-state index < -0.39 is 6.83 Å². The van der Waals surface area contributed by atoms with Crippen LogP contribution in [0.1, 0.15) is 38.1 Å². The van der Waals surface area contributed by atoms with Crippen LogP contribution < -0.4 is 0 Å². The summed E-state index contributed by atoms with van der Waals surface area (Å²) in [6.45, 7) is 5.97. The molecule has 0 fully saturated rings. The number of hydrogen-bond donors (Lipinski definition) is 1. The second-order valence-corrected chi connectivity index (χ2v) is 11.4. The molecule has 0 aliphatic rings. The zero-order valence-electron chi connectivity index (χ0n) is 12.3. The van der Waals surface area contributed by atoms with E-state index in [0.717, 1.165) is 24.6 Å². The van der Waals surface area contributed by atoms with Gasteiger partial charge in [0.15, 0.2) is 0 Å². The molecule has 0 saturated carbocycles. The molecule has 0 aliphatic carbocycles. The van der Waals surface area contributed by atoms with Crippen LogP contribution in [0.25, 0.3) is 0 Å². The third-order valence-electron chi connectivity index (χ3n) is 4.66. The van der Waals surface area contributed by atoms with Gasteiger partial charge in [-0.05, 0) is 0 Å². The number of para-hydroxylation sites is 1. The van der Waals surface area contributed by atoms with E-state index in [4.69, 9.17) is 4.52 Å². The van der Waals surface area contributed by atoms with Crippen LogP contribution in [0.4, 0.5) is 0 Å². The van der Waals surface area contributed by atoms with Crippen molar-refractivity contribution in [1.29, 1.82) is 0 Å². The van der Waals surface area contributed by atoms with E-state index in [9.17, 15) is 9.90 Å².